The number of nitrogens with zero attached hydrogens (tertiary/aromatic N) is 1. The molecule has 0 atom stereocenters. The third-order valence-corrected chi connectivity index (χ3v) is 3.25. The second-order valence-electron chi connectivity index (χ2n) is 4.62. The van der Waals surface area contributed by atoms with Crippen molar-refractivity contribution in [2.75, 3.05) is 16.8 Å². The Kier molecular flexibility index (Phi) is 5.12. The standard InChI is InChI=1S/C16H14ClFN2O2/c1-11(21)20(15-8-3-2-7-14(15)17)10-16(22)19-13-6-4-5-12(18)9-13/h2-9H,10H2,1H3,(H,19,22). The van der Waals surface area contributed by atoms with E-state index in [1.54, 1.807) is 30.3 Å². The van der Waals surface area contributed by atoms with Crippen LogP contribution >= 0.6 is 11.6 Å². The topological polar surface area (TPSA) is 49.4 Å². The van der Waals surface area contributed by atoms with E-state index in [4.69, 9.17) is 11.6 Å². The van der Waals surface area contributed by atoms with Crippen LogP contribution < -0.4 is 10.2 Å². The molecule has 6 heteroatoms. The van der Waals surface area contributed by atoms with Crippen molar-refractivity contribution in [2.45, 2.75) is 6.92 Å². The van der Waals surface area contributed by atoms with Crippen LogP contribution in [0.5, 0.6) is 0 Å². The molecule has 22 heavy (non-hydrogen) atoms. The summed E-state index contributed by atoms with van der Waals surface area (Å²) in [5, 5.41) is 2.91. The van der Waals surface area contributed by atoms with Gasteiger partial charge in [-0.1, -0.05) is 29.8 Å². The Morgan fingerprint density at radius 3 is 2.55 bits per heavy atom. The van der Waals surface area contributed by atoms with Gasteiger partial charge in [-0.15, -0.1) is 0 Å². The Morgan fingerprint density at radius 1 is 1.18 bits per heavy atom. The van der Waals surface area contributed by atoms with Crippen molar-refractivity contribution in [3.8, 4) is 0 Å². The molecule has 0 spiro atoms. The number of benzene rings is 2. The number of nitrogens with one attached hydrogen (secondary N) is 1. The molecule has 0 heterocycles. The molecule has 2 rings (SSSR count). The van der Waals surface area contributed by atoms with Gasteiger partial charge in [0.2, 0.25) is 11.8 Å². The third-order valence-electron chi connectivity index (χ3n) is 2.93. The molecule has 0 fully saturated rings. The second kappa shape index (κ2) is 7.04. The van der Waals surface area contributed by atoms with Gasteiger partial charge in [-0.25, -0.2) is 4.39 Å². The van der Waals surface area contributed by atoms with Gasteiger partial charge in [-0.05, 0) is 30.3 Å². The first-order chi connectivity index (χ1) is 10.5. The Balaban J connectivity index is 2.13. The highest BCUT2D eigenvalue weighted by atomic mass is 35.5. The summed E-state index contributed by atoms with van der Waals surface area (Å²) in [5.74, 6) is -1.21. The number of rotatable bonds is 4. The molecule has 0 aliphatic rings. The lowest BCUT2D eigenvalue weighted by atomic mass is 10.2. The molecule has 2 aromatic carbocycles. The molecular formula is C16H14ClFN2O2. The van der Waals surface area contributed by atoms with Crippen LogP contribution in [-0.4, -0.2) is 18.4 Å². The predicted molar refractivity (Wildman–Crippen MR) is 84.5 cm³/mol. The zero-order valence-corrected chi connectivity index (χ0v) is 12.6. The van der Waals surface area contributed by atoms with Gasteiger partial charge in [0.15, 0.2) is 0 Å². The van der Waals surface area contributed by atoms with Crippen LogP contribution in [0.1, 0.15) is 6.92 Å². The van der Waals surface area contributed by atoms with E-state index >= 15 is 0 Å². The van der Waals surface area contributed by atoms with Crippen LogP contribution in [0.2, 0.25) is 5.02 Å². The number of hydrogen-bond donors (Lipinski definition) is 1. The van der Waals surface area contributed by atoms with E-state index < -0.39 is 11.7 Å². The lowest BCUT2D eigenvalue weighted by Crippen LogP contribution is -2.36. The minimum Gasteiger partial charge on any atom is -0.324 e. The van der Waals surface area contributed by atoms with Crippen LogP contribution in [0.4, 0.5) is 15.8 Å². The SMILES string of the molecule is CC(=O)N(CC(=O)Nc1cccc(F)c1)c1ccccc1Cl. The number of anilines is 2. The van der Waals surface area contributed by atoms with Crippen molar-refractivity contribution in [3.05, 3.63) is 59.4 Å². The number of halogens is 2. The number of hydrogen-bond acceptors (Lipinski definition) is 2. The molecule has 0 aliphatic carbocycles. The number of carbonyl (C=O) groups is 2. The summed E-state index contributed by atoms with van der Waals surface area (Å²) in [7, 11) is 0. The van der Waals surface area contributed by atoms with Gasteiger partial charge in [-0.2, -0.15) is 0 Å². The average Bonchev–Trinajstić information content (AvgIpc) is 2.45. The van der Waals surface area contributed by atoms with Gasteiger partial charge < -0.3 is 10.2 Å². The first-order valence-electron chi connectivity index (χ1n) is 6.55. The van der Waals surface area contributed by atoms with Crippen LogP contribution in [0, 0.1) is 5.82 Å². The highest BCUT2D eigenvalue weighted by Gasteiger charge is 2.18. The van der Waals surface area contributed by atoms with E-state index in [0.717, 1.165) is 0 Å². The number of amides is 2. The number of para-hydroxylation sites is 1. The van der Waals surface area contributed by atoms with Crippen molar-refractivity contribution >= 4 is 34.8 Å². The van der Waals surface area contributed by atoms with E-state index in [2.05, 4.69) is 5.32 Å². The highest BCUT2D eigenvalue weighted by molar-refractivity contribution is 6.33. The lowest BCUT2D eigenvalue weighted by molar-refractivity contribution is -0.120. The van der Waals surface area contributed by atoms with Gasteiger partial charge in [0.25, 0.3) is 0 Å². The van der Waals surface area contributed by atoms with Gasteiger partial charge in [0, 0.05) is 12.6 Å². The zero-order valence-electron chi connectivity index (χ0n) is 11.8. The van der Waals surface area contributed by atoms with Gasteiger partial charge in [0.05, 0.1) is 10.7 Å². The average molecular weight is 321 g/mol. The van der Waals surface area contributed by atoms with E-state index in [1.165, 1.54) is 30.0 Å². The fourth-order valence-corrected chi connectivity index (χ4v) is 2.18. The van der Waals surface area contributed by atoms with Gasteiger partial charge in [0.1, 0.15) is 12.4 Å². The summed E-state index contributed by atoms with van der Waals surface area (Å²) in [6.07, 6.45) is 0. The summed E-state index contributed by atoms with van der Waals surface area (Å²) in [4.78, 5) is 25.1. The molecule has 114 valence electrons. The molecule has 0 saturated carbocycles. The van der Waals surface area contributed by atoms with E-state index in [-0.39, 0.29) is 12.5 Å². The quantitative estimate of drug-likeness (QED) is 0.937. The molecule has 0 unspecified atom stereocenters. The minimum atomic E-state index is -0.452. The van der Waals surface area contributed by atoms with Gasteiger partial charge >= 0.3 is 0 Å². The molecule has 2 amide bonds. The van der Waals surface area contributed by atoms with Crippen molar-refractivity contribution in [3.63, 3.8) is 0 Å². The maximum atomic E-state index is 13.1. The highest BCUT2D eigenvalue weighted by Crippen LogP contribution is 2.25. The van der Waals surface area contributed by atoms with Crippen LogP contribution in [0.25, 0.3) is 0 Å². The maximum absolute atomic E-state index is 13.1. The molecule has 1 N–H and O–H groups in total. The van der Waals surface area contributed by atoms with E-state index in [0.29, 0.717) is 16.4 Å². The molecule has 0 bridgehead atoms. The molecule has 0 aliphatic heterocycles. The van der Waals surface area contributed by atoms with Crippen molar-refractivity contribution in [1.82, 2.24) is 0 Å². The van der Waals surface area contributed by atoms with Gasteiger partial charge in [-0.3, -0.25) is 9.59 Å². The molecule has 0 radical (unpaired) electrons. The fourth-order valence-electron chi connectivity index (χ4n) is 1.95. The number of carbonyl (C=O) groups excluding carboxylic acids is 2. The molecular weight excluding hydrogens is 307 g/mol. The first-order valence-corrected chi connectivity index (χ1v) is 6.93. The molecule has 0 saturated heterocycles. The lowest BCUT2D eigenvalue weighted by Gasteiger charge is -2.21. The first kappa shape index (κ1) is 16.0. The van der Waals surface area contributed by atoms with E-state index in [1.807, 2.05) is 0 Å². The van der Waals surface area contributed by atoms with Crippen molar-refractivity contribution in [2.24, 2.45) is 0 Å². The summed E-state index contributed by atoms with van der Waals surface area (Å²) in [6.45, 7) is 1.13. The normalized spacial score (nSPS) is 10.1. The molecule has 0 aromatic heterocycles. The fraction of sp³-hybridized carbons (Fsp3) is 0.125. The maximum Gasteiger partial charge on any atom is 0.244 e. The third kappa shape index (κ3) is 4.05. The van der Waals surface area contributed by atoms with Crippen LogP contribution in [-0.2, 0) is 9.59 Å². The minimum absolute atomic E-state index is 0.213. The Morgan fingerprint density at radius 2 is 1.91 bits per heavy atom. The largest absolute Gasteiger partial charge is 0.324 e. The van der Waals surface area contributed by atoms with Crippen molar-refractivity contribution < 1.29 is 14.0 Å². The summed E-state index contributed by atoms with van der Waals surface area (Å²) in [6, 6.07) is 12.3. The summed E-state index contributed by atoms with van der Waals surface area (Å²) in [5.41, 5.74) is 0.777. The zero-order chi connectivity index (χ0) is 16.1. The predicted octanol–water partition coefficient (Wildman–Crippen LogP) is 3.47. The Hall–Kier alpha value is -2.40. The van der Waals surface area contributed by atoms with Crippen molar-refractivity contribution in [1.29, 1.82) is 0 Å². The Labute approximate surface area is 132 Å². The molecule has 2 aromatic rings. The van der Waals surface area contributed by atoms with Crippen LogP contribution in [0.15, 0.2) is 48.5 Å². The monoisotopic (exact) mass is 320 g/mol. The summed E-state index contributed by atoms with van der Waals surface area (Å²) >= 11 is 6.05. The second-order valence-corrected chi connectivity index (χ2v) is 5.02. The molecule has 4 nitrogen and oxygen atoms in total. The van der Waals surface area contributed by atoms with E-state index in [9.17, 15) is 14.0 Å². The Bertz CT molecular complexity index is 706. The smallest absolute Gasteiger partial charge is 0.244 e. The van der Waals surface area contributed by atoms with Crippen LogP contribution in [0.3, 0.4) is 0 Å². The summed E-state index contributed by atoms with van der Waals surface area (Å²) < 4.78 is 13.1.